The second-order valence-corrected chi connectivity index (χ2v) is 10.3. The van der Waals surface area contributed by atoms with E-state index in [1.165, 1.54) is 57.1 Å². The molecule has 0 aliphatic rings. The highest BCUT2D eigenvalue weighted by molar-refractivity contribution is 6.31. The van der Waals surface area contributed by atoms with E-state index in [0.717, 1.165) is 36.3 Å². The van der Waals surface area contributed by atoms with E-state index in [1.807, 2.05) is 0 Å². The third-order valence-electron chi connectivity index (χ3n) is 7.16. The molecule has 0 aliphatic heterocycles. The zero-order chi connectivity index (χ0) is 29.8. The van der Waals surface area contributed by atoms with Crippen LogP contribution in [0.4, 0.5) is 13.2 Å². The molecular weight excluding hydrogens is 535 g/mol. The van der Waals surface area contributed by atoms with Crippen LogP contribution in [0.1, 0.15) is 100 Å². The van der Waals surface area contributed by atoms with Crippen LogP contribution in [0.2, 0.25) is 0 Å². The smallest absolute Gasteiger partial charge is 0.416 e. The number of aryl methyl sites for hydroxylation is 1. The number of carbonyl (C=O) groups excluding carboxylic acids is 1. The van der Waals surface area contributed by atoms with Gasteiger partial charge in [0, 0.05) is 18.5 Å². The van der Waals surface area contributed by atoms with E-state index in [-0.39, 0.29) is 6.54 Å². The Morgan fingerprint density at radius 2 is 1.49 bits per heavy atom. The highest BCUT2D eigenvalue weighted by Gasteiger charge is 2.31. The number of carbonyl (C=O) groups is 2. The molecule has 0 radical (unpaired) electrons. The molecule has 0 saturated carbocycles. The van der Waals surface area contributed by atoms with Crippen molar-refractivity contribution in [1.29, 1.82) is 0 Å². The number of carboxylic acid groups (broad SMARTS) is 1. The Hall–Kier alpha value is -3.69. The Morgan fingerprint density at radius 3 is 2.05 bits per heavy atom. The number of rotatable bonds is 15. The van der Waals surface area contributed by atoms with Gasteiger partial charge in [0.1, 0.15) is 0 Å². The molecule has 7 nitrogen and oxygen atoms in total. The lowest BCUT2D eigenvalue weighted by molar-refractivity contribution is -0.157. The molecule has 1 unspecified atom stereocenters. The monoisotopic (exact) mass is 573 g/mol. The molecule has 10 heteroatoms. The van der Waals surface area contributed by atoms with Crippen LogP contribution in [0.3, 0.4) is 0 Å². The summed E-state index contributed by atoms with van der Waals surface area (Å²) in [5, 5.41) is 13.4. The van der Waals surface area contributed by atoms with Crippen LogP contribution >= 0.6 is 0 Å². The summed E-state index contributed by atoms with van der Waals surface area (Å²) in [7, 11) is 0. The summed E-state index contributed by atoms with van der Waals surface area (Å²) in [5.41, 5.74) is 0.884. The maximum atomic E-state index is 12.9. The van der Waals surface area contributed by atoms with Gasteiger partial charge in [0.15, 0.2) is 5.82 Å². The minimum absolute atomic E-state index is 0.0543. The van der Waals surface area contributed by atoms with Gasteiger partial charge in [0.25, 0.3) is 5.89 Å². The van der Waals surface area contributed by atoms with Gasteiger partial charge in [-0.3, -0.25) is 4.79 Å². The van der Waals surface area contributed by atoms with Crippen LogP contribution < -0.4 is 0 Å². The first-order valence-electron chi connectivity index (χ1n) is 14.2. The predicted molar refractivity (Wildman–Crippen MR) is 149 cm³/mol. The molecule has 1 N–H and O–H groups in total. The molecule has 0 spiro atoms. The number of aromatic nitrogens is 2. The fourth-order valence-electron chi connectivity index (χ4n) is 4.65. The average Bonchev–Trinajstić information content (AvgIpc) is 3.43. The maximum Gasteiger partial charge on any atom is 0.416 e. The van der Waals surface area contributed by atoms with Gasteiger partial charge in [-0.1, -0.05) is 87.7 Å². The van der Waals surface area contributed by atoms with Gasteiger partial charge in [-0.05, 0) is 48.7 Å². The lowest BCUT2D eigenvalue weighted by atomic mass is 10.0. The first-order chi connectivity index (χ1) is 19.6. The van der Waals surface area contributed by atoms with E-state index in [2.05, 4.69) is 17.1 Å². The van der Waals surface area contributed by atoms with Crippen molar-refractivity contribution in [2.75, 3.05) is 0 Å². The van der Waals surface area contributed by atoms with Crippen LogP contribution in [0.15, 0.2) is 53.1 Å². The number of aliphatic carboxylic acids is 1. The van der Waals surface area contributed by atoms with Gasteiger partial charge in [0.05, 0.1) is 11.6 Å². The normalized spacial score (nSPS) is 12.3. The van der Waals surface area contributed by atoms with Crippen LogP contribution in [0.25, 0.3) is 11.5 Å². The third kappa shape index (κ3) is 9.72. The quantitative estimate of drug-likeness (QED) is 0.146. The summed E-state index contributed by atoms with van der Waals surface area (Å²) in [5.74, 6) is -1.78. The Balaban J connectivity index is 1.57. The predicted octanol–water partition coefficient (Wildman–Crippen LogP) is 8.00. The van der Waals surface area contributed by atoms with Crippen molar-refractivity contribution in [3.63, 3.8) is 0 Å². The lowest BCUT2D eigenvalue weighted by Gasteiger charge is -2.28. The average molecular weight is 574 g/mol. The number of amides is 1. The number of hydrogen-bond donors (Lipinski definition) is 1. The zero-order valence-electron chi connectivity index (χ0n) is 23.6. The minimum atomic E-state index is -4.49. The van der Waals surface area contributed by atoms with Crippen molar-refractivity contribution in [3.8, 4) is 11.5 Å². The molecule has 1 atom stereocenters. The fourth-order valence-corrected chi connectivity index (χ4v) is 4.65. The lowest BCUT2D eigenvalue weighted by Crippen LogP contribution is -2.38. The van der Waals surface area contributed by atoms with E-state index in [4.69, 9.17) is 4.52 Å². The molecule has 0 aliphatic carbocycles. The zero-order valence-corrected chi connectivity index (χ0v) is 23.6. The van der Waals surface area contributed by atoms with Gasteiger partial charge in [0.2, 0.25) is 0 Å². The number of benzene rings is 2. The Bertz CT molecular complexity index is 1240. The topological polar surface area (TPSA) is 96.5 Å². The van der Waals surface area contributed by atoms with E-state index in [1.54, 1.807) is 31.2 Å². The van der Waals surface area contributed by atoms with Gasteiger partial charge in [-0.2, -0.15) is 18.2 Å². The van der Waals surface area contributed by atoms with Gasteiger partial charge < -0.3 is 14.5 Å². The third-order valence-corrected chi connectivity index (χ3v) is 7.16. The molecule has 1 amide bonds. The highest BCUT2D eigenvalue weighted by atomic mass is 19.4. The second kappa shape index (κ2) is 15.3. The molecule has 0 bridgehead atoms. The van der Waals surface area contributed by atoms with E-state index in [0.29, 0.717) is 28.4 Å². The van der Waals surface area contributed by atoms with Crippen molar-refractivity contribution in [2.45, 2.75) is 96.8 Å². The van der Waals surface area contributed by atoms with E-state index >= 15 is 0 Å². The molecule has 2 aromatic carbocycles. The van der Waals surface area contributed by atoms with E-state index < -0.39 is 29.7 Å². The molecule has 1 aromatic heterocycles. The van der Waals surface area contributed by atoms with Crippen LogP contribution in [0, 0.1) is 0 Å². The molecule has 3 rings (SSSR count). The molecular formula is C31H38F3N3O4. The first-order valence-corrected chi connectivity index (χ1v) is 14.2. The number of carboxylic acids is 1. The molecule has 3 aromatic rings. The number of halogens is 3. The largest absolute Gasteiger partial charge is 0.474 e. The summed E-state index contributed by atoms with van der Waals surface area (Å²) in [6, 6.07) is 10.5. The summed E-state index contributed by atoms with van der Waals surface area (Å²) < 4.78 is 44.2. The standard InChI is InChI=1S/C31H38F3N3O4/c1-3-4-5-6-7-8-9-10-11-12-27-35-28(41-36-27)25-15-13-23(14-16-25)21-37(29(38)30(39)40)22(2)24-17-19-26(20-18-24)31(32,33)34/h13-20,22H,3-12,21H2,1-2H3,(H,39,40). The maximum absolute atomic E-state index is 12.9. The van der Waals surface area contributed by atoms with Crippen LogP contribution in [0.5, 0.6) is 0 Å². The molecule has 0 saturated heterocycles. The molecule has 41 heavy (non-hydrogen) atoms. The number of nitrogens with zero attached hydrogens (tertiary/aromatic N) is 3. The van der Waals surface area contributed by atoms with E-state index in [9.17, 15) is 27.9 Å². The summed E-state index contributed by atoms with van der Waals surface area (Å²) in [6.45, 7) is 3.74. The van der Waals surface area contributed by atoms with Crippen LogP contribution in [-0.2, 0) is 28.7 Å². The Labute approximate surface area is 238 Å². The SMILES string of the molecule is CCCCCCCCCCCc1noc(-c2ccc(CN(C(=O)C(=O)O)C(C)c3ccc(C(F)(F)F)cc3)cc2)n1. The molecule has 222 valence electrons. The number of unbranched alkanes of at least 4 members (excludes halogenated alkanes) is 8. The van der Waals surface area contributed by atoms with Gasteiger partial charge in [-0.25, -0.2) is 4.79 Å². The number of hydrogen-bond acceptors (Lipinski definition) is 5. The summed E-state index contributed by atoms with van der Waals surface area (Å²) in [4.78, 5) is 29.6. The Morgan fingerprint density at radius 1 is 0.902 bits per heavy atom. The summed E-state index contributed by atoms with van der Waals surface area (Å²) >= 11 is 0. The van der Waals surface area contributed by atoms with Crippen molar-refractivity contribution < 1.29 is 32.4 Å². The highest BCUT2D eigenvalue weighted by Crippen LogP contribution is 2.31. The van der Waals surface area contributed by atoms with Crippen molar-refractivity contribution in [2.24, 2.45) is 0 Å². The van der Waals surface area contributed by atoms with Gasteiger partial charge in [-0.15, -0.1) is 0 Å². The van der Waals surface area contributed by atoms with Crippen molar-refractivity contribution in [3.05, 3.63) is 71.0 Å². The fraction of sp³-hybridized carbons (Fsp3) is 0.484. The summed E-state index contributed by atoms with van der Waals surface area (Å²) in [6.07, 6.45) is 7.34. The van der Waals surface area contributed by atoms with Crippen molar-refractivity contribution >= 4 is 11.9 Å². The van der Waals surface area contributed by atoms with Gasteiger partial charge >= 0.3 is 18.1 Å². The second-order valence-electron chi connectivity index (χ2n) is 10.3. The number of alkyl halides is 3. The first kappa shape index (κ1) is 31.8. The Kier molecular flexibility index (Phi) is 11.9. The molecule has 1 heterocycles. The van der Waals surface area contributed by atoms with Crippen LogP contribution in [-0.4, -0.2) is 32.0 Å². The molecule has 0 fully saturated rings. The minimum Gasteiger partial charge on any atom is -0.474 e. The van der Waals surface area contributed by atoms with Crippen molar-refractivity contribution in [1.82, 2.24) is 15.0 Å².